The van der Waals surface area contributed by atoms with E-state index in [2.05, 4.69) is 62.2 Å². The van der Waals surface area contributed by atoms with Crippen molar-refractivity contribution in [2.75, 3.05) is 26.2 Å². The van der Waals surface area contributed by atoms with Gasteiger partial charge in [0.2, 0.25) is 0 Å². The van der Waals surface area contributed by atoms with Crippen LogP contribution in [0.3, 0.4) is 0 Å². The van der Waals surface area contributed by atoms with Crippen molar-refractivity contribution in [3.8, 4) is 0 Å². The highest BCUT2D eigenvalue weighted by molar-refractivity contribution is 5.22. The number of nitrogens with zero attached hydrogens (tertiary/aromatic N) is 1. The van der Waals surface area contributed by atoms with E-state index in [0.717, 1.165) is 32.6 Å². The molecule has 0 aliphatic carbocycles. The van der Waals surface area contributed by atoms with Crippen LogP contribution in [0.1, 0.15) is 31.9 Å². The average molecular weight is 248 g/mol. The molecule has 0 heterocycles. The van der Waals surface area contributed by atoms with Crippen LogP contribution in [0.4, 0.5) is 0 Å². The Bertz CT molecular complexity index is 332. The molecule has 1 atom stereocenters. The molecule has 102 valence electrons. The van der Waals surface area contributed by atoms with Crippen molar-refractivity contribution in [1.29, 1.82) is 0 Å². The second-order valence-electron chi connectivity index (χ2n) is 5.08. The van der Waals surface area contributed by atoms with E-state index in [0.29, 0.717) is 6.04 Å². The van der Waals surface area contributed by atoms with Crippen LogP contribution in [0.2, 0.25) is 0 Å². The highest BCUT2D eigenvalue weighted by Gasteiger charge is 2.05. The average Bonchev–Trinajstić information content (AvgIpc) is 2.36. The predicted octanol–water partition coefficient (Wildman–Crippen LogP) is 2.86. The summed E-state index contributed by atoms with van der Waals surface area (Å²) in [5.41, 5.74) is 2.78. The van der Waals surface area contributed by atoms with E-state index in [4.69, 9.17) is 0 Å². The number of hydrogen-bond acceptors (Lipinski definition) is 2. The third-order valence-electron chi connectivity index (χ3n) is 3.42. The second kappa shape index (κ2) is 8.28. The minimum Gasteiger partial charge on any atom is -0.313 e. The summed E-state index contributed by atoms with van der Waals surface area (Å²) in [4.78, 5) is 2.46. The molecule has 0 bridgehead atoms. The van der Waals surface area contributed by atoms with Gasteiger partial charge in [-0.2, -0.15) is 0 Å². The van der Waals surface area contributed by atoms with E-state index in [-0.39, 0.29) is 0 Å². The van der Waals surface area contributed by atoms with Gasteiger partial charge in [-0.15, -0.1) is 0 Å². The van der Waals surface area contributed by atoms with Gasteiger partial charge in [0.15, 0.2) is 0 Å². The summed E-state index contributed by atoms with van der Waals surface area (Å²) in [6.45, 7) is 13.4. The Labute approximate surface area is 112 Å². The van der Waals surface area contributed by atoms with Crippen LogP contribution in [0.5, 0.6) is 0 Å². The smallest absolute Gasteiger partial charge is 0.0166 e. The fourth-order valence-electron chi connectivity index (χ4n) is 2.26. The summed E-state index contributed by atoms with van der Waals surface area (Å²) in [6, 6.07) is 9.35. The molecule has 0 radical (unpaired) electrons. The highest BCUT2D eigenvalue weighted by Crippen LogP contribution is 2.04. The van der Waals surface area contributed by atoms with Crippen molar-refractivity contribution in [2.45, 2.75) is 40.2 Å². The van der Waals surface area contributed by atoms with Crippen molar-refractivity contribution in [1.82, 2.24) is 10.2 Å². The van der Waals surface area contributed by atoms with E-state index in [1.165, 1.54) is 11.1 Å². The minimum atomic E-state index is 0.565. The van der Waals surface area contributed by atoms with Gasteiger partial charge in [0.1, 0.15) is 0 Å². The molecular weight excluding hydrogens is 220 g/mol. The molecule has 1 aromatic carbocycles. The predicted molar refractivity (Wildman–Crippen MR) is 80.1 cm³/mol. The van der Waals surface area contributed by atoms with Gasteiger partial charge in [-0.05, 0) is 45.5 Å². The highest BCUT2D eigenvalue weighted by atomic mass is 15.1. The van der Waals surface area contributed by atoms with Gasteiger partial charge in [-0.25, -0.2) is 0 Å². The zero-order chi connectivity index (χ0) is 13.4. The van der Waals surface area contributed by atoms with E-state index < -0.39 is 0 Å². The number of benzene rings is 1. The number of nitrogens with one attached hydrogen (secondary N) is 1. The zero-order valence-electron chi connectivity index (χ0n) is 12.4. The molecular formula is C16H28N2. The molecule has 0 saturated carbocycles. The van der Waals surface area contributed by atoms with Gasteiger partial charge in [0.05, 0.1) is 0 Å². The second-order valence-corrected chi connectivity index (χ2v) is 5.08. The van der Waals surface area contributed by atoms with Crippen LogP contribution >= 0.6 is 0 Å². The molecule has 1 rings (SSSR count). The molecule has 0 aromatic heterocycles. The van der Waals surface area contributed by atoms with Crippen LogP contribution < -0.4 is 5.32 Å². The first-order chi connectivity index (χ1) is 8.65. The normalized spacial score (nSPS) is 12.9. The monoisotopic (exact) mass is 248 g/mol. The summed E-state index contributed by atoms with van der Waals surface area (Å²) >= 11 is 0. The molecule has 0 spiro atoms. The lowest BCUT2D eigenvalue weighted by Gasteiger charge is -2.23. The third kappa shape index (κ3) is 5.65. The Morgan fingerprint density at radius 1 is 1.22 bits per heavy atom. The fraction of sp³-hybridized carbons (Fsp3) is 0.625. The van der Waals surface area contributed by atoms with Crippen molar-refractivity contribution >= 4 is 0 Å². The number of rotatable bonds is 8. The first-order valence-corrected chi connectivity index (χ1v) is 7.17. The summed E-state index contributed by atoms with van der Waals surface area (Å²) in [5.74, 6) is 0. The van der Waals surface area contributed by atoms with Crippen molar-refractivity contribution in [3.05, 3.63) is 35.4 Å². The van der Waals surface area contributed by atoms with Crippen LogP contribution in [-0.2, 0) is 6.42 Å². The SMILES string of the molecule is CCN(CC)CC(C)NCCc1cccc(C)c1. The molecule has 1 aromatic rings. The van der Waals surface area contributed by atoms with E-state index in [1.807, 2.05) is 0 Å². The molecule has 0 aliphatic rings. The summed E-state index contributed by atoms with van der Waals surface area (Å²) in [6.07, 6.45) is 1.12. The molecule has 1 N–H and O–H groups in total. The number of aryl methyl sites for hydroxylation is 1. The minimum absolute atomic E-state index is 0.565. The van der Waals surface area contributed by atoms with Crippen LogP contribution in [0.15, 0.2) is 24.3 Å². The summed E-state index contributed by atoms with van der Waals surface area (Å²) in [7, 11) is 0. The van der Waals surface area contributed by atoms with Gasteiger partial charge in [-0.1, -0.05) is 43.7 Å². The quantitative estimate of drug-likeness (QED) is 0.761. The van der Waals surface area contributed by atoms with Crippen molar-refractivity contribution < 1.29 is 0 Å². The number of likely N-dealkylation sites (N-methyl/N-ethyl adjacent to an activating group) is 1. The number of hydrogen-bond donors (Lipinski definition) is 1. The van der Waals surface area contributed by atoms with E-state index in [1.54, 1.807) is 0 Å². The van der Waals surface area contributed by atoms with Crippen molar-refractivity contribution in [2.24, 2.45) is 0 Å². The van der Waals surface area contributed by atoms with E-state index in [9.17, 15) is 0 Å². The Morgan fingerprint density at radius 2 is 1.94 bits per heavy atom. The molecule has 0 fully saturated rings. The van der Waals surface area contributed by atoms with Gasteiger partial charge >= 0.3 is 0 Å². The van der Waals surface area contributed by atoms with Crippen LogP contribution in [0, 0.1) is 6.92 Å². The molecule has 1 unspecified atom stereocenters. The fourth-order valence-corrected chi connectivity index (χ4v) is 2.26. The maximum absolute atomic E-state index is 3.61. The van der Waals surface area contributed by atoms with Gasteiger partial charge in [-0.3, -0.25) is 0 Å². The van der Waals surface area contributed by atoms with Crippen molar-refractivity contribution in [3.63, 3.8) is 0 Å². The lowest BCUT2D eigenvalue weighted by Crippen LogP contribution is -2.39. The zero-order valence-corrected chi connectivity index (χ0v) is 12.4. The Hall–Kier alpha value is -0.860. The Kier molecular flexibility index (Phi) is 6.99. The van der Waals surface area contributed by atoms with Crippen LogP contribution in [0.25, 0.3) is 0 Å². The molecule has 0 aliphatic heterocycles. The lowest BCUT2D eigenvalue weighted by molar-refractivity contribution is 0.272. The molecule has 18 heavy (non-hydrogen) atoms. The van der Waals surface area contributed by atoms with Crippen LogP contribution in [-0.4, -0.2) is 37.1 Å². The first kappa shape index (κ1) is 15.2. The van der Waals surface area contributed by atoms with Gasteiger partial charge in [0.25, 0.3) is 0 Å². The topological polar surface area (TPSA) is 15.3 Å². The first-order valence-electron chi connectivity index (χ1n) is 7.17. The summed E-state index contributed by atoms with van der Waals surface area (Å²) in [5, 5.41) is 3.61. The van der Waals surface area contributed by atoms with E-state index >= 15 is 0 Å². The Morgan fingerprint density at radius 3 is 2.56 bits per heavy atom. The Balaban J connectivity index is 2.25. The third-order valence-corrected chi connectivity index (χ3v) is 3.42. The van der Waals surface area contributed by atoms with Gasteiger partial charge < -0.3 is 10.2 Å². The molecule has 0 saturated heterocycles. The van der Waals surface area contributed by atoms with Gasteiger partial charge in [0, 0.05) is 12.6 Å². The lowest BCUT2D eigenvalue weighted by atomic mass is 10.1. The molecule has 2 heteroatoms. The standard InChI is InChI=1S/C16H28N2/c1-5-18(6-2)13-15(4)17-11-10-16-9-7-8-14(3)12-16/h7-9,12,15,17H,5-6,10-11,13H2,1-4H3. The maximum atomic E-state index is 3.61. The molecule has 2 nitrogen and oxygen atoms in total. The molecule has 0 amide bonds. The summed E-state index contributed by atoms with van der Waals surface area (Å²) < 4.78 is 0. The maximum Gasteiger partial charge on any atom is 0.0166 e. The largest absolute Gasteiger partial charge is 0.313 e.